The molecule has 0 amide bonds. The summed E-state index contributed by atoms with van der Waals surface area (Å²) < 4.78 is 11.2. The van der Waals surface area contributed by atoms with Crippen molar-refractivity contribution in [1.82, 2.24) is 10.3 Å². The number of ether oxygens (including phenoxy) is 2. The van der Waals surface area contributed by atoms with E-state index in [2.05, 4.69) is 10.3 Å². The number of carbonyl (C=O) groups excluding carboxylic acids is 2. The first-order chi connectivity index (χ1) is 16.5. The van der Waals surface area contributed by atoms with Gasteiger partial charge in [-0.2, -0.15) is 0 Å². The highest BCUT2D eigenvalue weighted by Gasteiger charge is 2.42. The fraction of sp³-hybridized carbons (Fsp3) is 0.393. The summed E-state index contributed by atoms with van der Waals surface area (Å²) >= 11 is 0. The van der Waals surface area contributed by atoms with Crippen molar-refractivity contribution in [3.63, 3.8) is 0 Å². The van der Waals surface area contributed by atoms with Crippen LogP contribution in [0.3, 0.4) is 0 Å². The molecule has 1 N–H and O–H groups in total. The van der Waals surface area contributed by atoms with E-state index >= 15 is 0 Å². The van der Waals surface area contributed by atoms with E-state index in [0.717, 1.165) is 54.0 Å². The van der Waals surface area contributed by atoms with Crippen LogP contribution in [0.4, 0.5) is 0 Å². The lowest BCUT2D eigenvalue weighted by molar-refractivity contribution is -0.144. The number of methoxy groups -OCH3 is 1. The number of rotatable bonds is 5. The predicted molar refractivity (Wildman–Crippen MR) is 128 cm³/mol. The Bertz CT molecular complexity index is 1140. The van der Waals surface area contributed by atoms with Crippen LogP contribution in [0.2, 0.25) is 0 Å². The lowest BCUT2D eigenvalue weighted by atomic mass is 9.72. The number of carbonyl (C=O) groups is 2. The second-order valence-electron chi connectivity index (χ2n) is 9.39. The van der Waals surface area contributed by atoms with Crippen LogP contribution >= 0.6 is 0 Å². The Hall–Kier alpha value is -3.41. The summed E-state index contributed by atoms with van der Waals surface area (Å²) in [7, 11) is 1.64. The highest BCUT2D eigenvalue weighted by Crippen LogP contribution is 2.46. The van der Waals surface area contributed by atoms with Crippen LogP contribution in [0.15, 0.2) is 71.3 Å². The lowest BCUT2D eigenvalue weighted by Gasteiger charge is -2.36. The van der Waals surface area contributed by atoms with E-state index in [1.54, 1.807) is 19.5 Å². The zero-order valence-corrected chi connectivity index (χ0v) is 19.7. The normalized spacial score (nSPS) is 22.9. The molecular formula is C28H30N2O4. The molecule has 1 fully saturated rings. The van der Waals surface area contributed by atoms with Gasteiger partial charge in [0.2, 0.25) is 0 Å². The number of pyridine rings is 1. The maximum Gasteiger partial charge on any atom is 0.337 e. The summed E-state index contributed by atoms with van der Waals surface area (Å²) in [6.45, 7) is 1.90. The van der Waals surface area contributed by atoms with Crippen LogP contribution in [0.1, 0.15) is 68.4 Å². The molecule has 2 aliphatic carbocycles. The number of esters is 1. The van der Waals surface area contributed by atoms with Gasteiger partial charge >= 0.3 is 5.97 Å². The van der Waals surface area contributed by atoms with Gasteiger partial charge in [0.25, 0.3) is 0 Å². The molecule has 0 bridgehead atoms. The highest BCUT2D eigenvalue weighted by atomic mass is 16.5. The van der Waals surface area contributed by atoms with Crippen molar-refractivity contribution < 1.29 is 19.1 Å². The third-order valence-corrected chi connectivity index (χ3v) is 7.23. The molecule has 3 aliphatic rings. The molecule has 2 aromatic rings. The monoisotopic (exact) mass is 458 g/mol. The molecule has 176 valence electrons. The minimum absolute atomic E-state index is 0.0424. The summed E-state index contributed by atoms with van der Waals surface area (Å²) in [4.78, 5) is 31.3. The summed E-state index contributed by atoms with van der Waals surface area (Å²) in [5.41, 5.74) is 4.77. The number of Topliss-reactive ketones (excluding diaryl/α,β-unsaturated/α-hetero) is 1. The number of benzene rings is 1. The zero-order chi connectivity index (χ0) is 23.7. The molecule has 0 unspecified atom stereocenters. The summed E-state index contributed by atoms with van der Waals surface area (Å²) in [6.07, 6.45) is 8.48. The highest BCUT2D eigenvalue weighted by molar-refractivity contribution is 6.04. The Morgan fingerprint density at radius 3 is 2.50 bits per heavy atom. The molecule has 0 saturated heterocycles. The van der Waals surface area contributed by atoms with Crippen molar-refractivity contribution in [1.29, 1.82) is 0 Å². The van der Waals surface area contributed by atoms with Gasteiger partial charge in [-0.25, -0.2) is 4.79 Å². The van der Waals surface area contributed by atoms with E-state index in [0.29, 0.717) is 24.0 Å². The number of allylic oxidation sites excluding steroid dienone is 3. The van der Waals surface area contributed by atoms with Gasteiger partial charge in [0.15, 0.2) is 5.78 Å². The fourth-order valence-electron chi connectivity index (χ4n) is 5.52. The third kappa shape index (κ3) is 4.25. The molecule has 5 rings (SSSR count). The molecule has 1 aliphatic heterocycles. The average molecular weight is 459 g/mol. The van der Waals surface area contributed by atoms with Crippen LogP contribution in [-0.4, -0.2) is 30.0 Å². The number of hydrogen-bond donors (Lipinski definition) is 1. The Balaban J connectivity index is 1.50. The third-order valence-electron chi connectivity index (χ3n) is 7.23. The number of aromatic nitrogens is 1. The van der Waals surface area contributed by atoms with Gasteiger partial charge in [0, 0.05) is 41.7 Å². The van der Waals surface area contributed by atoms with Gasteiger partial charge in [0.05, 0.1) is 12.7 Å². The number of nitrogens with zero attached hydrogens (tertiary/aromatic N) is 1. The Kier molecular flexibility index (Phi) is 6.22. The van der Waals surface area contributed by atoms with E-state index in [-0.39, 0.29) is 23.8 Å². The average Bonchev–Trinajstić information content (AvgIpc) is 3.36. The number of ketones is 1. The first kappa shape index (κ1) is 22.4. The number of hydrogen-bond acceptors (Lipinski definition) is 6. The molecular weight excluding hydrogens is 428 g/mol. The van der Waals surface area contributed by atoms with Gasteiger partial charge in [-0.3, -0.25) is 9.78 Å². The molecule has 0 radical (unpaired) electrons. The van der Waals surface area contributed by atoms with Crippen LogP contribution in [0, 0.1) is 0 Å². The molecule has 34 heavy (non-hydrogen) atoms. The van der Waals surface area contributed by atoms with Crippen LogP contribution in [-0.2, 0) is 14.3 Å². The van der Waals surface area contributed by atoms with Crippen molar-refractivity contribution in [2.24, 2.45) is 0 Å². The summed E-state index contributed by atoms with van der Waals surface area (Å²) in [5.74, 6) is 0.119. The van der Waals surface area contributed by atoms with E-state index in [9.17, 15) is 9.59 Å². The van der Waals surface area contributed by atoms with Crippen LogP contribution in [0.25, 0.3) is 0 Å². The quantitative estimate of drug-likeness (QED) is 0.640. The second kappa shape index (κ2) is 9.45. The van der Waals surface area contributed by atoms with E-state index in [1.165, 1.54) is 0 Å². The summed E-state index contributed by atoms with van der Waals surface area (Å²) in [5, 5.41) is 3.42. The molecule has 1 saturated carbocycles. The Labute approximate surface area is 200 Å². The summed E-state index contributed by atoms with van der Waals surface area (Å²) in [6, 6.07) is 11.7. The van der Waals surface area contributed by atoms with E-state index in [4.69, 9.17) is 9.47 Å². The van der Waals surface area contributed by atoms with Crippen molar-refractivity contribution in [3.05, 3.63) is 82.5 Å². The first-order valence-electron chi connectivity index (χ1n) is 12.0. The predicted octanol–water partition coefficient (Wildman–Crippen LogP) is 4.94. The molecule has 6 heteroatoms. The SMILES string of the molecule is COc1ccc([C@@H]2CC(=O)C3=C(C2)NC(C)=C(C(=O)OC2CCCC2)[C@@H]3c2cccnc2)cc1. The van der Waals surface area contributed by atoms with Gasteiger partial charge in [0.1, 0.15) is 11.9 Å². The Morgan fingerprint density at radius 2 is 1.82 bits per heavy atom. The van der Waals surface area contributed by atoms with Crippen LogP contribution < -0.4 is 10.1 Å². The Morgan fingerprint density at radius 1 is 1.06 bits per heavy atom. The standard InChI is InChI=1S/C28H30N2O4/c1-17-25(28(32)34-22-7-3-4-8-22)26(19-6-5-13-29-16-19)27-23(30-17)14-20(15-24(27)31)18-9-11-21(33-2)12-10-18/h5-6,9-13,16,20,22,26,30H,3-4,7-8,14-15H2,1-2H3/t20-,26-/m0/s1. The maximum absolute atomic E-state index is 13.6. The van der Waals surface area contributed by atoms with Crippen molar-refractivity contribution >= 4 is 11.8 Å². The number of nitrogens with one attached hydrogen (secondary N) is 1. The van der Waals surface area contributed by atoms with Gasteiger partial charge < -0.3 is 14.8 Å². The molecule has 2 heterocycles. The second-order valence-corrected chi connectivity index (χ2v) is 9.39. The topological polar surface area (TPSA) is 77.5 Å². The smallest absolute Gasteiger partial charge is 0.337 e. The fourth-order valence-corrected chi connectivity index (χ4v) is 5.52. The van der Waals surface area contributed by atoms with Crippen molar-refractivity contribution in [2.45, 2.75) is 63.4 Å². The molecule has 1 aromatic carbocycles. The molecule has 1 aromatic heterocycles. The molecule has 0 spiro atoms. The maximum atomic E-state index is 13.6. The first-order valence-corrected chi connectivity index (χ1v) is 12.0. The van der Waals surface area contributed by atoms with E-state index in [1.807, 2.05) is 43.3 Å². The van der Waals surface area contributed by atoms with Gasteiger partial charge in [-0.1, -0.05) is 18.2 Å². The minimum Gasteiger partial charge on any atom is -0.497 e. The molecule has 2 atom stereocenters. The van der Waals surface area contributed by atoms with Gasteiger partial charge in [-0.05, 0) is 74.3 Å². The zero-order valence-electron chi connectivity index (χ0n) is 19.7. The van der Waals surface area contributed by atoms with Crippen LogP contribution in [0.5, 0.6) is 5.75 Å². The number of dihydropyridines is 1. The molecule has 6 nitrogen and oxygen atoms in total. The largest absolute Gasteiger partial charge is 0.497 e. The van der Waals surface area contributed by atoms with E-state index < -0.39 is 5.92 Å². The van der Waals surface area contributed by atoms with Gasteiger partial charge in [-0.15, -0.1) is 0 Å². The lowest BCUT2D eigenvalue weighted by Crippen LogP contribution is -2.36. The minimum atomic E-state index is -0.469. The van der Waals surface area contributed by atoms with Crippen molar-refractivity contribution in [3.8, 4) is 5.75 Å². The van der Waals surface area contributed by atoms with Crippen molar-refractivity contribution in [2.75, 3.05) is 7.11 Å².